The fourth-order valence-corrected chi connectivity index (χ4v) is 5.47. The van der Waals surface area contributed by atoms with E-state index < -0.39 is 27.5 Å². The molecule has 198 valence electrons. The Bertz CT molecular complexity index is 1090. The fourth-order valence-electron chi connectivity index (χ4n) is 4.95. The van der Waals surface area contributed by atoms with Crippen LogP contribution < -0.4 is 11.5 Å². The van der Waals surface area contributed by atoms with E-state index in [1.807, 2.05) is 12.1 Å². The van der Waals surface area contributed by atoms with Crippen molar-refractivity contribution in [3.05, 3.63) is 35.4 Å². The van der Waals surface area contributed by atoms with Crippen LogP contribution in [-0.2, 0) is 30.8 Å². The van der Waals surface area contributed by atoms with Crippen LogP contribution in [0, 0.1) is 0 Å². The normalized spacial score (nSPS) is 20.8. The molecule has 2 aliphatic rings. The number of sulfone groups is 1. The molecule has 2 fully saturated rings. The highest BCUT2D eigenvalue weighted by molar-refractivity contribution is 7.91. The Morgan fingerprint density at radius 3 is 2.31 bits per heavy atom. The summed E-state index contributed by atoms with van der Waals surface area (Å²) < 4.78 is 22.5. The van der Waals surface area contributed by atoms with Crippen molar-refractivity contribution in [3.63, 3.8) is 0 Å². The number of hydrogen-bond acceptors (Lipinski definition) is 7. The van der Waals surface area contributed by atoms with Gasteiger partial charge in [-0.1, -0.05) is 43.5 Å². The third-order valence-corrected chi connectivity index (χ3v) is 7.49. The Balaban J connectivity index is 1.70. The summed E-state index contributed by atoms with van der Waals surface area (Å²) in [5.41, 5.74) is 13.2. The molecule has 1 aromatic rings. The van der Waals surface area contributed by atoms with Gasteiger partial charge in [0.2, 0.25) is 11.8 Å². The SMILES string of the molecule is C[C@H](N)C(=O)N(C(=O)[C@@H]1CCCN1Cc1ccc(C(N)=NC(=O)CS(C)(=O)=O)cc1)C1CCCCC1. The van der Waals surface area contributed by atoms with Crippen molar-refractivity contribution in [1.29, 1.82) is 0 Å². The van der Waals surface area contributed by atoms with Crippen LogP contribution in [0.1, 0.15) is 63.0 Å². The van der Waals surface area contributed by atoms with Crippen molar-refractivity contribution in [2.45, 2.75) is 76.5 Å². The number of imide groups is 1. The summed E-state index contributed by atoms with van der Waals surface area (Å²) in [6.45, 7) is 2.89. The summed E-state index contributed by atoms with van der Waals surface area (Å²) in [5.74, 6) is -2.02. The van der Waals surface area contributed by atoms with Gasteiger partial charge in [0.25, 0.3) is 5.91 Å². The van der Waals surface area contributed by atoms with E-state index in [0.717, 1.165) is 56.9 Å². The molecule has 10 nitrogen and oxygen atoms in total. The first-order valence-corrected chi connectivity index (χ1v) is 14.5. The molecule has 11 heteroatoms. The molecule has 1 aliphatic carbocycles. The van der Waals surface area contributed by atoms with Gasteiger partial charge in [-0.05, 0) is 44.7 Å². The number of hydrogen-bond donors (Lipinski definition) is 2. The lowest BCUT2D eigenvalue weighted by Gasteiger charge is -2.37. The van der Waals surface area contributed by atoms with E-state index in [9.17, 15) is 22.8 Å². The minimum Gasteiger partial charge on any atom is -0.383 e. The maximum atomic E-state index is 13.6. The van der Waals surface area contributed by atoms with Gasteiger partial charge in [-0.15, -0.1) is 0 Å². The zero-order valence-electron chi connectivity index (χ0n) is 21.1. The Labute approximate surface area is 213 Å². The largest absolute Gasteiger partial charge is 0.383 e. The number of carbonyl (C=O) groups is 3. The van der Waals surface area contributed by atoms with E-state index in [0.29, 0.717) is 18.5 Å². The molecule has 1 aromatic carbocycles. The molecule has 36 heavy (non-hydrogen) atoms. The van der Waals surface area contributed by atoms with Crippen molar-refractivity contribution in [2.24, 2.45) is 16.5 Å². The van der Waals surface area contributed by atoms with Gasteiger partial charge in [-0.25, -0.2) is 8.42 Å². The third kappa shape index (κ3) is 7.44. The monoisotopic (exact) mass is 519 g/mol. The molecule has 0 spiro atoms. The average Bonchev–Trinajstić information content (AvgIpc) is 3.27. The number of amidine groups is 1. The van der Waals surface area contributed by atoms with Crippen LogP contribution in [0.2, 0.25) is 0 Å². The highest BCUT2D eigenvalue weighted by Gasteiger charge is 2.40. The number of likely N-dealkylation sites (tertiary alicyclic amines) is 1. The summed E-state index contributed by atoms with van der Waals surface area (Å²) in [5, 5.41) is 0. The summed E-state index contributed by atoms with van der Waals surface area (Å²) in [4.78, 5) is 45.6. The molecule has 2 atom stereocenters. The molecule has 0 radical (unpaired) electrons. The number of nitrogens with zero attached hydrogens (tertiary/aromatic N) is 3. The van der Waals surface area contributed by atoms with Crippen molar-refractivity contribution < 1.29 is 22.8 Å². The van der Waals surface area contributed by atoms with Crippen LogP contribution in [0.15, 0.2) is 29.3 Å². The van der Waals surface area contributed by atoms with Gasteiger partial charge < -0.3 is 11.5 Å². The molecule has 1 aliphatic heterocycles. The Kier molecular flexibility index (Phi) is 9.37. The zero-order valence-corrected chi connectivity index (χ0v) is 21.9. The summed E-state index contributed by atoms with van der Waals surface area (Å²) in [6.07, 6.45) is 7.31. The number of benzene rings is 1. The van der Waals surface area contributed by atoms with Crippen LogP contribution in [-0.4, -0.2) is 78.5 Å². The molecule has 0 unspecified atom stereocenters. The maximum Gasteiger partial charge on any atom is 0.262 e. The maximum absolute atomic E-state index is 13.6. The molecule has 1 heterocycles. The van der Waals surface area contributed by atoms with E-state index >= 15 is 0 Å². The molecular weight excluding hydrogens is 482 g/mol. The van der Waals surface area contributed by atoms with Gasteiger partial charge in [0, 0.05) is 24.4 Å². The van der Waals surface area contributed by atoms with E-state index in [-0.39, 0.29) is 29.7 Å². The van der Waals surface area contributed by atoms with Crippen LogP contribution in [0.3, 0.4) is 0 Å². The number of carbonyl (C=O) groups excluding carboxylic acids is 3. The zero-order chi connectivity index (χ0) is 26.5. The van der Waals surface area contributed by atoms with Gasteiger partial charge in [0.1, 0.15) is 11.6 Å². The number of nitrogens with two attached hydrogens (primary N) is 2. The van der Waals surface area contributed by atoms with Gasteiger partial charge in [-0.2, -0.15) is 4.99 Å². The highest BCUT2D eigenvalue weighted by Crippen LogP contribution is 2.28. The topological polar surface area (TPSA) is 156 Å². The molecule has 1 saturated carbocycles. The van der Waals surface area contributed by atoms with Crippen LogP contribution in [0.4, 0.5) is 0 Å². The number of amides is 3. The Hall–Kier alpha value is -2.63. The second kappa shape index (κ2) is 12.1. The minimum atomic E-state index is -3.48. The second-order valence-electron chi connectivity index (χ2n) is 9.91. The van der Waals surface area contributed by atoms with E-state index in [2.05, 4.69) is 9.89 Å². The van der Waals surface area contributed by atoms with Crippen molar-refractivity contribution in [3.8, 4) is 0 Å². The molecule has 4 N–H and O–H groups in total. The van der Waals surface area contributed by atoms with Crippen molar-refractivity contribution >= 4 is 33.4 Å². The minimum absolute atomic E-state index is 0.0537. The first-order valence-electron chi connectivity index (χ1n) is 12.5. The van der Waals surface area contributed by atoms with E-state index in [1.54, 1.807) is 19.1 Å². The van der Waals surface area contributed by atoms with E-state index in [4.69, 9.17) is 11.5 Å². The second-order valence-corrected chi connectivity index (χ2v) is 12.1. The lowest BCUT2D eigenvalue weighted by Crippen LogP contribution is -2.56. The Morgan fingerprint density at radius 1 is 1.08 bits per heavy atom. The molecule has 0 aromatic heterocycles. The first kappa shape index (κ1) is 27.9. The van der Waals surface area contributed by atoms with Crippen LogP contribution in [0.25, 0.3) is 0 Å². The van der Waals surface area contributed by atoms with Gasteiger partial charge in [0.05, 0.1) is 12.1 Å². The van der Waals surface area contributed by atoms with E-state index in [1.165, 1.54) is 4.90 Å². The Morgan fingerprint density at radius 2 is 1.72 bits per heavy atom. The quantitative estimate of drug-likeness (QED) is 0.380. The van der Waals surface area contributed by atoms with Gasteiger partial charge in [0.15, 0.2) is 9.84 Å². The van der Waals surface area contributed by atoms with Crippen LogP contribution >= 0.6 is 0 Å². The molecular formula is C25H37N5O5S. The van der Waals surface area contributed by atoms with Crippen molar-refractivity contribution in [2.75, 3.05) is 18.6 Å². The molecule has 3 rings (SSSR count). The standard InChI is InChI=1S/C25H37N5O5S/c1-17(26)24(32)30(20-7-4-3-5-8-20)25(33)21-9-6-14-29(21)15-18-10-12-19(13-11-18)23(27)28-22(31)16-36(2,34)35/h10-13,17,20-21H,3-9,14-16,26H2,1-2H3,(H2,27,28,31)/t17-,21-/m0/s1. The fraction of sp³-hybridized carbons (Fsp3) is 0.600. The summed E-state index contributed by atoms with van der Waals surface area (Å²) in [7, 11) is -3.48. The number of aliphatic imine (C=N–C) groups is 1. The predicted molar refractivity (Wildman–Crippen MR) is 138 cm³/mol. The van der Waals surface area contributed by atoms with Crippen molar-refractivity contribution in [1.82, 2.24) is 9.80 Å². The highest BCUT2D eigenvalue weighted by atomic mass is 32.2. The third-order valence-electron chi connectivity index (χ3n) is 6.72. The average molecular weight is 520 g/mol. The molecule has 1 saturated heterocycles. The summed E-state index contributed by atoms with van der Waals surface area (Å²) in [6, 6.07) is 5.91. The lowest BCUT2D eigenvalue weighted by atomic mass is 9.93. The lowest BCUT2D eigenvalue weighted by molar-refractivity contribution is -0.152. The summed E-state index contributed by atoms with van der Waals surface area (Å²) >= 11 is 0. The first-order chi connectivity index (χ1) is 17.0. The van der Waals surface area contributed by atoms with Gasteiger partial charge in [-0.3, -0.25) is 24.2 Å². The molecule has 0 bridgehead atoms. The van der Waals surface area contributed by atoms with Gasteiger partial charge >= 0.3 is 0 Å². The number of rotatable bonds is 8. The predicted octanol–water partition coefficient (Wildman–Crippen LogP) is 0.963. The smallest absolute Gasteiger partial charge is 0.262 e. The molecule has 3 amide bonds. The van der Waals surface area contributed by atoms with Crippen LogP contribution in [0.5, 0.6) is 0 Å².